The zero-order chi connectivity index (χ0) is 37.3. The summed E-state index contributed by atoms with van der Waals surface area (Å²) in [7, 11) is 0. The fraction of sp³-hybridized carbons (Fsp3) is 0.250. The zero-order valence-corrected chi connectivity index (χ0v) is 34.8. The summed E-state index contributed by atoms with van der Waals surface area (Å²) >= 11 is 0. The average molecular weight is 890 g/mol. The van der Waals surface area contributed by atoms with Crippen molar-refractivity contribution in [1.82, 2.24) is 14.1 Å². The zero-order valence-electron chi connectivity index (χ0n) is 32.5. The summed E-state index contributed by atoms with van der Waals surface area (Å²) < 4.78 is 13.0. The van der Waals surface area contributed by atoms with Crippen LogP contribution in [0.2, 0.25) is 0 Å². The Balaban J connectivity index is 0.00000450. The molecule has 54 heavy (non-hydrogen) atoms. The van der Waals surface area contributed by atoms with Gasteiger partial charge in [-0.05, 0) is 68.3 Å². The van der Waals surface area contributed by atoms with Gasteiger partial charge in [-0.3, -0.25) is 4.57 Å². The smallest absolute Gasteiger partial charge is 0.268 e. The number of fused-ring (bicyclic) bond motifs is 4. The molecule has 5 nitrogen and oxygen atoms in total. The Hall–Kier alpha value is -4.99. The second-order valence-electron chi connectivity index (χ2n) is 17.1. The molecule has 3 aromatic heterocycles. The molecule has 276 valence electrons. The molecule has 0 aliphatic carbocycles. The maximum Gasteiger partial charge on any atom is 0.268 e. The summed E-state index contributed by atoms with van der Waals surface area (Å²) in [5.74, 6) is 2.06. The largest absolute Gasteiger partial charge is 0.510 e. The van der Waals surface area contributed by atoms with Crippen molar-refractivity contribution in [1.29, 1.82) is 0 Å². The Morgan fingerprint density at radius 3 is 2.04 bits per heavy atom. The van der Waals surface area contributed by atoms with E-state index in [1.54, 1.807) is 0 Å². The number of nitrogens with zero attached hydrogens (tertiary/aromatic N) is 4. The van der Waals surface area contributed by atoms with Gasteiger partial charge in [0.1, 0.15) is 5.82 Å². The van der Waals surface area contributed by atoms with Crippen LogP contribution in [-0.2, 0) is 37.3 Å². The molecule has 3 heterocycles. The van der Waals surface area contributed by atoms with Crippen LogP contribution in [0.15, 0.2) is 115 Å². The standard InChI is InChI=1S/C48H46N4O.Pt/c1-46(2,3)32-21-24-39(48(7,8)9)44(27-32)51-31-50(41-19-12-13-20-42(41)51)34-15-14-16-35(29-34)53-36-22-23-38-37-17-10-11-18-40(37)52(43(38)30-36)45-28-33(25-26-49-45)47(4,5)6;/h10-28H,1-9H3;/q-2;. The average Bonchev–Trinajstić information content (AvgIpc) is 3.66. The van der Waals surface area contributed by atoms with Gasteiger partial charge in [0.2, 0.25) is 0 Å². The molecule has 0 fully saturated rings. The van der Waals surface area contributed by atoms with Gasteiger partial charge < -0.3 is 13.9 Å². The molecular formula is C48H46N4OPt-2. The van der Waals surface area contributed by atoms with E-state index in [0.29, 0.717) is 11.5 Å². The molecule has 8 rings (SSSR count). The van der Waals surface area contributed by atoms with Gasteiger partial charge in [0.15, 0.2) is 0 Å². The molecule has 0 saturated heterocycles. The first-order valence-electron chi connectivity index (χ1n) is 18.4. The van der Waals surface area contributed by atoms with Crippen LogP contribution in [0.5, 0.6) is 11.5 Å². The molecule has 0 spiro atoms. The molecule has 0 aliphatic rings. The first-order valence-corrected chi connectivity index (χ1v) is 18.4. The Morgan fingerprint density at radius 2 is 1.30 bits per heavy atom. The Kier molecular flexibility index (Phi) is 9.47. The number of pyridine rings is 1. The van der Waals surface area contributed by atoms with E-state index in [-0.39, 0.29) is 37.3 Å². The quantitative estimate of drug-likeness (QED) is 0.127. The molecule has 8 aromatic rings. The topological polar surface area (TPSA) is 35.9 Å². The van der Waals surface area contributed by atoms with Crippen molar-refractivity contribution in [3.63, 3.8) is 0 Å². The summed E-state index contributed by atoms with van der Waals surface area (Å²) in [5.41, 5.74) is 9.75. The molecule has 5 aromatic carbocycles. The van der Waals surface area contributed by atoms with Gasteiger partial charge >= 0.3 is 0 Å². The summed E-state index contributed by atoms with van der Waals surface area (Å²) in [4.78, 5) is 4.83. The van der Waals surface area contributed by atoms with E-state index >= 15 is 0 Å². The number of rotatable bonds is 5. The third-order valence-corrected chi connectivity index (χ3v) is 10.1. The van der Waals surface area contributed by atoms with E-state index in [2.05, 4.69) is 185 Å². The number of para-hydroxylation sites is 3. The third-order valence-electron chi connectivity index (χ3n) is 10.1. The second-order valence-corrected chi connectivity index (χ2v) is 17.1. The van der Waals surface area contributed by atoms with E-state index in [4.69, 9.17) is 9.72 Å². The molecule has 0 bridgehead atoms. The molecule has 0 unspecified atom stereocenters. The van der Waals surface area contributed by atoms with Crippen molar-refractivity contribution < 1.29 is 30.4 Å². The predicted molar refractivity (Wildman–Crippen MR) is 216 cm³/mol. The summed E-state index contributed by atoms with van der Waals surface area (Å²) in [6.45, 7) is 20.3. The van der Waals surface area contributed by atoms with Crippen molar-refractivity contribution in [2.45, 2.75) is 78.6 Å². The molecule has 0 saturated carbocycles. The van der Waals surface area contributed by atoms with Crippen LogP contribution < -0.4 is 9.30 Å². The van der Waals surface area contributed by atoms with Gasteiger partial charge in [-0.1, -0.05) is 122 Å². The Bertz CT molecular complexity index is 2660. The molecule has 0 atom stereocenters. The van der Waals surface area contributed by atoms with Crippen molar-refractivity contribution in [2.75, 3.05) is 0 Å². The maximum atomic E-state index is 6.56. The van der Waals surface area contributed by atoms with Crippen LogP contribution in [0.1, 0.15) is 79.0 Å². The van der Waals surface area contributed by atoms with E-state index in [0.717, 1.165) is 50.0 Å². The van der Waals surface area contributed by atoms with E-state index < -0.39 is 0 Å². The van der Waals surface area contributed by atoms with Crippen LogP contribution in [0, 0.1) is 18.5 Å². The van der Waals surface area contributed by atoms with Crippen LogP contribution >= 0.6 is 0 Å². The van der Waals surface area contributed by atoms with Crippen LogP contribution in [-0.4, -0.2) is 14.1 Å². The van der Waals surface area contributed by atoms with Gasteiger partial charge in [-0.2, -0.15) is 18.2 Å². The van der Waals surface area contributed by atoms with E-state index in [9.17, 15) is 0 Å². The van der Waals surface area contributed by atoms with E-state index in [1.807, 2.05) is 24.4 Å². The van der Waals surface area contributed by atoms with Crippen LogP contribution in [0.4, 0.5) is 0 Å². The minimum absolute atomic E-state index is 0. The number of imidazole rings is 1. The molecule has 0 aliphatic heterocycles. The third kappa shape index (κ3) is 6.80. The maximum absolute atomic E-state index is 6.56. The van der Waals surface area contributed by atoms with E-state index in [1.165, 1.54) is 16.7 Å². The molecule has 0 amide bonds. The fourth-order valence-electron chi connectivity index (χ4n) is 7.16. The number of hydrogen-bond donors (Lipinski definition) is 0. The van der Waals surface area contributed by atoms with Gasteiger partial charge in [0.05, 0.1) is 16.7 Å². The fourth-order valence-corrected chi connectivity index (χ4v) is 7.16. The number of benzene rings is 5. The first kappa shape index (κ1) is 37.3. The van der Waals surface area contributed by atoms with Gasteiger partial charge in [-0.25, -0.2) is 4.98 Å². The first-order chi connectivity index (χ1) is 25.2. The predicted octanol–water partition coefficient (Wildman–Crippen LogP) is 11.5. The normalized spacial score (nSPS) is 12.4. The van der Waals surface area contributed by atoms with Gasteiger partial charge in [0, 0.05) is 44.3 Å². The van der Waals surface area contributed by atoms with Crippen molar-refractivity contribution in [3.05, 3.63) is 151 Å². The monoisotopic (exact) mass is 889 g/mol. The van der Waals surface area contributed by atoms with Crippen molar-refractivity contribution >= 4 is 32.8 Å². The SMILES string of the molecule is CC(C)(C)c1ccnc(-n2c3[c-]c(Oc4[c-]c(-n5[c-][n+](-c6cc(C(C)(C)C)ccc6C(C)(C)C)c6ccccc65)ccc4)ccc3c3ccccc32)c1.[Pt]. The molecule has 6 heteroatoms. The molecule has 0 N–H and O–H groups in total. The Labute approximate surface area is 333 Å². The minimum Gasteiger partial charge on any atom is -0.510 e. The molecular weight excluding hydrogens is 844 g/mol. The van der Waals surface area contributed by atoms with Crippen molar-refractivity contribution in [3.8, 4) is 28.7 Å². The van der Waals surface area contributed by atoms with Crippen molar-refractivity contribution in [2.24, 2.45) is 0 Å². The summed E-state index contributed by atoms with van der Waals surface area (Å²) in [6, 6.07) is 45.3. The number of aromatic nitrogens is 4. The number of hydrogen-bond acceptors (Lipinski definition) is 2. The summed E-state index contributed by atoms with van der Waals surface area (Å²) in [5, 5.41) is 2.24. The molecule has 0 radical (unpaired) electrons. The van der Waals surface area contributed by atoms with Crippen LogP contribution in [0.25, 0.3) is 50.0 Å². The van der Waals surface area contributed by atoms with Gasteiger partial charge in [-0.15, -0.1) is 29.7 Å². The number of ether oxygens (including phenoxy) is 1. The second kappa shape index (κ2) is 13.7. The minimum atomic E-state index is -0.0650. The van der Waals surface area contributed by atoms with Gasteiger partial charge in [0.25, 0.3) is 6.33 Å². The van der Waals surface area contributed by atoms with Crippen LogP contribution in [0.3, 0.4) is 0 Å². The Morgan fingerprint density at radius 1 is 0.611 bits per heavy atom. The summed E-state index contributed by atoms with van der Waals surface area (Å²) in [6.07, 6.45) is 5.61.